The van der Waals surface area contributed by atoms with Crippen molar-refractivity contribution in [3.8, 4) is 5.75 Å². The maximum atomic E-state index is 11.2. The van der Waals surface area contributed by atoms with Gasteiger partial charge in [-0.3, -0.25) is 4.79 Å². The number of ether oxygens (including phenoxy) is 1. The zero-order valence-corrected chi connectivity index (χ0v) is 9.75. The lowest BCUT2D eigenvalue weighted by molar-refractivity contribution is -0.122. The van der Waals surface area contributed by atoms with Gasteiger partial charge in [0.05, 0.1) is 5.88 Å². The Morgan fingerprint density at radius 3 is 2.87 bits per heavy atom. The van der Waals surface area contributed by atoms with Crippen molar-refractivity contribution < 1.29 is 9.53 Å². The molecule has 1 rings (SSSR count). The maximum absolute atomic E-state index is 11.2. The topological polar surface area (TPSA) is 26.3 Å². The zero-order chi connectivity index (χ0) is 11.3. The molecule has 0 spiro atoms. The molecule has 2 nitrogen and oxygen atoms in total. The highest BCUT2D eigenvalue weighted by Crippen LogP contribution is 2.15. The largest absolute Gasteiger partial charge is 0.483 e. The van der Waals surface area contributed by atoms with E-state index in [9.17, 15) is 4.79 Å². The van der Waals surface area contributed by atoms with Crippen LogP contribution in [0, 0.1) is 0 Å². The second-order valence-corrected chi connectivity index (χ2v) is 3.63. The van der Waals surface area contributed by atoms with E-state index in [-0.39, 0.29) is 11.7 Å². The molecule has 1 unspecified atom stereocenters. The molecule has 0 aliphatic carbocycles. The van der Waals surface area contributed by atoms with Crippen molar-refractivity contribution in [3.63, 3.8) is 0 Å². The number of alkyl halides is 1. The molecule has 1 atom stereocenters. The van der Waals surface area contributed by atoms with Gasteiger partial charge < -0.3 is 4.74 Å². The molecule has 0 aromatic heterocycles. The van der Waals surface area contributed by atoms with E-state index < -0.39 is 6.10 Å². The fraction of sp³-hybridized carbons (Fsp3) is 0.417. The van der Waals surface area contributed by atoms with E-state index in [4.69, 9.17) is 16.3 Å². The fourth-order valence-electron chi connectivity index (χ4n) is 1.22. The van der Waals surface area contributed by atoms with E-state index in [1.54, 1.807) is 6.92 Å². The number of hydrogen-bond donors (Lipinski definition) is 0. The van der Waals surface area contributed by atoms with Crippen molar-refractivity contribution in [3.05, 3.63) is 29.8 Å². The number of rotatable bonds is 5. The predicted octanol–water partition coefficient (Wildman–Crippen LogP) is 2.82. The molecule has 82 valence electrons. The van der Waals surface area contributed by atoms with Crippen LogP contribution in [0.4, 0.5) is 0 Å². The average Bonchev–Trinajstić information content (AvgIpc) is 2.28. The summed E-state index contributed by atoms with van der Waals surface area (Å²) < 4.78 is 5.48. The lowest BCUT2D eigenvalue weighted by Crippen LogP contribution is -2.24. The van der Waals surface area contributed by atoms with Gasteiger partial charge in [0, 0.05) is 0 Å². The second kappa shape index (κ2) is 5.76. The molecule has 0 fully saturated rings. The molecule has 0 aliphatic rings. The van der Waals surface area contributed by atoms with Crippen molar-refractivity contribution >= 4 is 17.4 Å². The Morgan fingerprint density at radius 2 is 2.27 bits per heavy atom. The Morgan fingerprint density at radius 1 is 1.53 bits per heavy atom. The van der Waals surface area contributed by atoms with Crippen molar-refractivity contribution in [2.75, 3.05) is 5.88 Å². The van der Waals surface area contributed by atoms with Crippen LogP contribution in [0.1, 0.15) is 19.4 Å². The lowest BCUT2D eigenvalue weighted by atomic mass is 10.1. The summed E-state index contributed by atoms with van der Waals surface area (Å²) in [5.74, 6) is 0.619. The van der Waals surface area contributed by atoms with Gasteiger partial charge in [-0.25, -0.2) is 0 Å². The Kier molecular flexibility index (Phi) is 4.63. The Hall–Kier alpha value is -1.02. The summed E-state index contributed by atoms with van der Waals surface area (Å²) in [5.41, 5.74) is 1.19. The van der Waals surface area contributed by atoms with Crippen LogP contribution in [0.5, 0.6) is 5.75 Å². The number of halogens is 1. The summed E-state index contributed by atoms with van der Waals surface area (Å²) in [6.07, 6.45) is 0.476. The average molecular weight is 227 g/mol. The van der Waals surface area contributed by atoms with Crippen molar-refractivity contribution in [1.29, 1.82) is 0 Å². The quantitative estimate of drug-likeness (QED) is 0.722. The molecule has 0 N–H and O–H groups in total. The van der Waals surface area contributed by atoms with Gasteiger partial charge in [0.2, 0.25) is 0 Å². The van der Waals surface area contributed by atoms with Gasteiger partial charge in [-0.2, -0.15) is 0 Å². The summed E-state index contributed by atoms with van der Waals surface area (Å²) in [4.78, 5) is 11.2. The first-order valence-corrected chi connectivity index (χ1v) is 5.55. The standard InChI is InChI=1S/C12H15ClO2/c1-3-10-5-4-6-11(7-10)15-9(2)12(14)8-13/h4-7,9H,3,8H2,1-2H3. The monoisotopic (exact) mass is 226 g/mol. The first-order valence-electron chi connectivity index (χ1n) is 5.01. The summed E-state index contributed by atoms with van der Waals surface area (Å²) in [7, 11) is 0. The van der Waals surface area contributed by atoms with Gasteiger partial charge in [-0.05, 0) is 31.0 Å². The number of Topliss-reactive ketones (excluding diaryl/α,β-unsaturated/α-hetero) is 1. The van der Waals surface area contributed by atoms with Gasteiger partial charge in [-0.15, -0.1) is 11.6 Å². The number of hydrogen-bond acceptors (Lipinski definition) is 2. The molecule has 0 amide bonds. The van der Waals surface area contributed by atoms with Crippen molar-refractivity contribution in [2.45, 2.75) is 26.4 Å². The van der Waals surface area contributed by atoms with E-state index in [0.717, 1.165) is 12.2 Å². The molecule has 1 aromatic rings. The van der Waals surface area contributed by atoms with Gasteiger partial charge in [-0.1, -0.05) is 19.1 Å². The van der Waals surface area contributed by atoms with Crippen LogP contribution in [-0.2, 0) is 11.2 Å². The molecule has 0 radical (unpaired) electrons. The third kappa shape index (κ3) is 3.56. The molecule has 3 heteroatoms. The summed E-state index contributed by atoms with van der Waals surface area (Å²) >= 11 is 5.44. The number of carbonyl (C=O) groups is 1. The normalized spacial score (nSPS) is 12.2. The van der Waals surface area contributed by atoms with E-state index in [1.165, 1.54) is 5.56 Å². The van der Waals surface area contributed by atoms with Crippen LogP contribution >= 0.6 is 11.6 Å². The summed E-state index contributed by atoms with van der Waals surface area (Å²) in [5, 5.41) is 0. The van der Waals surface area contributed by atoms with Gasteiger partial charge in [0.15, 0.2) is 11.9 Å². The van der Waals surface area contributed by atoms with E-state index in [2.05, 4.69) is 6.92 Å². The smallest absolute Gasteiger partial charge is 0.187 e. The number of carbonyl (C=O) groups excluding carboxylic acids is 1. The minimum absolute atomic E-state index is 0.00532. The molecule has 0 aliphatic heterocycles. The molecule has 0 heterocycles. The highest BCUT2D eigenvalue weighted by molar-refractivity contribution is 6.28. The fourth-order valence-corrected chi connectivity index (χ4v) is 1.43. The van der Waals surface area contributed by atoms with Gasteiger partial charge >= 0.3 is 0 Å². The number of aryl methyl sites for hydroxylation is 1. The third-order valence-corrected chi connectivity index (χ3v) is 2.47. The third-order valence-electron chi connectivity index (χ3n) is 2.20. The highest BCUT2D eigenvalue weighted by Gasteiger charge is 2.12. The minimum Gasteiger partial charge on any atom is -0.483 e. The van der Waals surface area contributed by atoms with Crippen LogP contribution in [0.15, 0.2) is 24.3 Å². The highest BCUT2D eigenvalue weighted by atomic mass is 35.5. The van der Waals surface area contributed by atoms with E-state index >= 15 is 0 Å². The van der Waals surface area contributed by atoms with Gasteiger partial charge in [0.1, 0.15) is 5.75 Å². The van der Waals surface area contributed by atoms with Crippen LogP contribution in [-0.4, -0.2) is 17.8 Å². The first-order chi connectivity index (χ1) is 7.17. The molecule has 15 heavy (non-hydrogen) atoms. The maximum Gasteiger partial charge on any atom is 0.187 e. The Bertz CT molecular complexity index is 336. The van der Waals surface area contributed by atoms with Crippen LogP contribution in [0.3, 0.4) is 0 Å². The SMILES string of the molecule is CCc1cccc(OC(C)C(=O)CCl)c1. The van der Waals surface area contributed by atoms with E-state index in [0.29, 0.717) is 0 Å². The number of benzene rings is 1. The predicted molar refractivity (Wildman–Crippen MR) is 61.6 cm³/mol. The Balaban J connectivity index is 2.67. The first kappa shape index (κ1) is 12.1. The second-order valence-electron chi connectivity index (χ2n) is 3.36. The molecule has 0 bridgehead atoms. The van der Waals surface area contributed by atoms with Crippen molar-refractivity contribution in [2.24, 2.45) is 0 Å². The van der Waals surface area contributed by atoms with E-state index in [1.807, 2.05) is 24.3 Å². The van der Waals surface area contributed by atoms with Crippen LogP contribution in [0.25, 0.3) is 0 Å². The molecule has 0 saturated heterocycles. The molecule has 1 aromatic carbocycles. The Labute approximate surface area is 95.2 Å². The minimum atomic E-state index is -0.477. The summed E-state index contributed by atoms with van der Waals surface area (Å²) in [6, 6.07) is 7.74. The van der Waals surface area contributed by atoms with Gasteiger partial charge in [0.25, 0.3) is 0 Å². The van der Waals surface area contributed by atoms with Crippen molar-refractivity contribution in [1.82, 2.24) is 0 Å². The molecule has 0 saturated carbocycles. The van der Waals surface area contributed by atoms with Crippen LogP contribution in [0.2, 0.25) is 0 Å². The lowest BCUT2D eigenvalue weighted by Gasteiger charge is -2.12. The van der Waals surface area contributed by atoms with Crippen LogP contribution < -0.4 is 4.74 Å². The molecular weight excluding hydrogens is 212 g/mol. The summed E-state index contributed by atoms with van der Waals surface area (Å²) in [6.45, 7) is 3.79. The zero-order valence-electron chi connectivity index (χ0n) is 9.00. The number of ketones is 1. The molecular formula is C12H15ClO2.